The fourth-order valence-corrected chi connectivity index (χ4v) is 3.78. The van der Waals surface area contributed by atoms with Crippen LogP contribution >= 0.6 is 0 Å². The van der Waals surface area contributed by atoms with Gasteiger partial charge >= 0.3 is 0 Å². The van der Waals surface area contributed by atoms with Crippen LogP contribution in [0.4, 0.5) is 11.4 Å². The van der Waals surface area contributed by atoms with Gasteiger partial charge in [0.05, 0.1) is 23.6 Å². The van der Waals surface area contributed by atoms with Crippen molar-refractivity contribution in [2.75, 3.05) is 22.4 Å². The van der Waals surface area contributed by atoms with Crippen molar-refractivity contribution < 1.29 is 13.2 Å². The Morgan fingerprint density at radius 2 is 1.71 bits per heavy atom. The van der Waals surface area contributed by atoms with E-state index in [-0.39, 0.29) is 24.3 Å². The largest absolute Gasteiger partial charge is 0.326 e. The summed E-state index contributed by atoms with van der Waals surface area (Å²) in [6.07, 6.45) is 1.10. The number of hydrogen-bond acceptors (Lipinski definition) is 4. The number of carbonyl (C=O) groups excluding carboxylic acids is 1. The van der Waals surface area contributed by atoms with E-state index in [1.54, 1.807) is 24.3 Å². The number of sulfonamides is 1. The van der Waals surface area contributed by atoms with Crippen LogP contribution < -0.4 is 9.62 Å². The molecule has 0 spiro atoms. The lowest BCUT2D eigenvalue weighted by atomic mass is 9.86. The van der Waals surface area contributed by atoms with Crippen LogP contribution in [0.5, 0.6) is 0 Å². The smallest absolute Gasteiger partial charge is 0.232 e. The maximum absolute atomic E-state index is 12.5. The maximum atomic E-state index is 12.5. The molecule has 0 aromatic heterocycles. The number of nitrogens with one attached hydrogen (secondary N) is 1. The van der Waals surface area contributed by atoms with Gasteiger partial charge in [0.2, 0.25) is 15.9 Å². The van der Waals surface area contributed by atoms with Crippen LogP contribution in [0, 0.1) is 11.3 Å². The number of rotatable bonds is 6. The van der Waals surface area contributed by atoms with Crippen molar-refractivity contribution in [3.05, 3.63) is 59.7 Å². The molecule has 0 saturated heterocycles. The second kappa shape index (κ2) is 8.44. The first-order valence-electron chi connectivity index (χ1n) is 8.89. The van der Waals surface area contributed by atoms with Gasteiger partial charge in [-0.2, -0.15) is 5.26 Å². The van der Waals surface area contributed by atoms with Crippen molar-refractivity contribution in [1.82, 2.24) is 0 Å². The van der Waals surface area contributed by atoms with E-state index in [9.17, 15) is 13.2 Å². The molecule has 0 unspecified atom stereocenters. The lowest BCUT2D eigenvalue weighted by Gasteiger charge is -2.24. The van der Waals surface area contributed by atoms with E-state index >= 15 is 0 Å². The van der Waals surface area contributed by atoms with E-state index in [1.807, 2.05) is 30.3 Å². The number of amides is 1. The third-order valence-corrected chi connectivity index (χ3v) is 5.43. The summed E-state index contributed by atoms with van der Waals surface area (Å²) in [6.45, 7) is 6.20. The zero-order valence-electron chi connectivity index (χ0n) is 16.6. The Balaban J connectivity index is 2.14. The van der Waals surface area contributed by atoms with Crippen LogP contribution in [-0.2, 0) is 20.2 Å². The molecule has 0 saturated carbocycles. The predicted octanol–water partition coefficient (Wildman–Crippen LogP) is 3.65. The molecular weight excluding hydrogens is 374 g/mol. The first-order valence-corrected chi connectivity index (χ1v) is 10.7. The summed E-state index contributed by atoms with van der Waals surface area (Å²) in [5, 5.41) is 11.8. The van der Waals surface area contributed by atoms with Gasteiger partial charge < -0.3 is 5.32 Å². The van der Waals surface area contributed by atoms with Crippen LogP contribution in [-0.4, -0.2) is 27.1 Å². The number of nitrogens with zero attached hydrogens (tertiary/aromatic N) is 2. The van der Waals surface area contributed by atoms with Gasteiger partial charge in [-0.25, -0.2) is 8.42 Å². The third-order valence-electron chi connectivity index (χ3n) is 4.24. The van der Waals surface area contributed by atoms with Crippen molar-refractivity contribution in [2.24, 2.45) is 0 Å². The average Bonchev–Trinajstić information content (AvgIpc) is 2.61. The van der Waals surface area contributed by atoms with Crippen LogP contribution in [0.15, 0.2) is 48.5 Å². The standard InChI is InChI=1S/C21H25N3O3S/c1-21(2,3)18-7-5-6-8-19(18)23-20(25)13-14-24(28(4,26)27)17-11-9-16(15-22)10-12-17/h5-12H,13-14H2,1-4H3,(H,23,25). The third kappa shape index (κ3) is 5.57. The van der Waals surface area contributed by atoms with E-state index < -0.39 is 10.0 Å². The molecule has 0 aliphatic rings. The van der Waals surface area contributed by atoms with Crippen LogP contribution in [0.1, 0.15) is 38.3 Å². The minimum Gasteiger partial charge on any atom is -0.326 e. The van der Waals surface area contributed by atoms with Gasteiger partial charge in [-0.15, -0.1) is 0 Å². The summed E-state index contributed by atoms with van der Waals surface area (Å²) in [5.74, 6) is -0.265. The highest BCUT2D eigenvalue weighted by Crippen LogP contribution is 2.29. The molecule has 2 rings (SSSR count). The summed E-state index contributed by atoms with van der Waals surface area (Å²) >= 11 is 0. The van der Waals surface area contributed by atoms with Gasteiger partial charge in [-0.1, -0.05) is 39.0 Å². The van der Waals surface area contributed by atoms with E-state index in [0.717, 1.165) is 17.5 Å². The lowest BCUT2D eigenvalue weighted by Crippen LogP contribution is -2.33. The number of para-hydroxylation sites is 1. The van der Waals surface area contributed by atoms with E-state index in [1.165, 1.54) is 4.31 Å². The molecule has 28 heavy (non-hydrogen) atoms. The lowest BCUT2D eigenvalue weighted by molar-refractivity contribution is -0.116. The molecule has 0 aliphatic heterocycles. The highest BCUT2D eigenvalue weighted by Gasteiger charge is 2.21. The number of hydrogen-bond donors (Lipinski definition) is 1. The van der Waals surface area contributed by atoms with Crippen molar-refractivity contribution in [3.63, 3.8) is 0 Å². The van der Waals surface area contributed by atoms with Gasteiger partial charge in [-0.05, 0) is 41.3 Å². The zero-order chi connectivity index (χ0) is 20.9. The fraction of sp³-hybridized carbons (Fsp3) is 0.333. The molecule has 148 valence electrons. The van der Waals surface area contributed by atoms with Crippen LogP contribution in [0.2, 0.25) is 0 Å². The van der Waals surface area contributed by atoms with Gasteiger partial charge in [-0.3, -0.25) is 9.10 Å². The Morgan fingerprint density at radius 1 is 1.11 bits per heavy atom. The Hall–Kier alpha value is -2.85. The molecule has 0 radical (unpaired) electrons. The van der Waals surface area contributed by atoms with Crippen molar-refractivity contribution in [2.45, 2.75) is 32.6 Å². The first kappa shape index (κ1) is 21.5. The molecule has 2 aromatic rings. The van der Waals surface area contributed by atoms with E-state index in [4.69, 9.17) is 5.26 Å². The van der Waals surface area contributed by atoms with Gasteiger partial charge in [0.25, 0.3) is 0 Å². The normalized spacial score (nSPS) is 11.5. The highest BCUT2D eigenvalue weighted by molar-refractivity contribution is 7.92. The Kier molecular flexibility index (Phi) is 6.47. The van der Waals surface area contributed by atoms with Crippen molar-refractivity contribution in [1.29, 1.82) is 5.26 Å². The molecule has 2 aromatic carbocycles. The second-order valence-electron chi connectivity index (χ2n) is 7.59. The van der Waals surface area contributed by atoms with Gasteiger partial charge in [0.1, 0.15) is 0 Å². The van der Waals surface area contributed by atoms with Crippen molar-refractivity contribution >= 4 is 27.3 Å². The van der Waals surface area contributed by atoms with Crippen LogP contribution in [0.3, 0.4) is 0 Å². The minimum absolute atomic E-state index is 0.00550. The van der Waals surface area contributed by atoms with Gasteiger partial charge in [0, 0.05) is 18.7 Å². The summed E-state index contributed by atoms with van der Waals surface area (Å²) < 4.78 is 25.5. The molecule has 0 aliphatic carbocycles. The fourth-order valence-electron chi connectivity index (χ4n) is 2.85. The van der Waals surface area contributed by atoms with Crippen molar-refractivity contribution in [3.8, 4) is 6.07 Å². The number of nitriles is 1. The van der Waals surface area contributed by atoms with Gasteiger partial charge in [0.15, 0.2) is 0 Å². The Labute approximate surface area is 166 Å². The Bertz CT molecular complexity index is 985. The summed E-state index contributed by atoms with van der Waals surface area (Å²) in [4.78, 5) is 12.5. The molecule has 1 amide bonds. The van der Waals surface area contributed by atoms with Crippen LogP contribution in [0.25, 0.3) is 0 Å². The average molecular weight is 400 g/mol. The topological polar surface area (TPSA) is 90.3 Å². The highest BCUT2D eigenvalue weighted by atomic mass is 32.2. The first-order chi connectivity index (χ1) is 13.0. The van der Waals surface area contributed by atoms with E-state index in [0.29, 0.717) is 11.3 Å². The molecule has 1 N–H and O–H groups in total. The molecule has 0 fully saturated rings. The molecule has 0 heterocycles. The molecule has 0 bridgehead atoms. The monoisotopic (exact) mass is 399 g/mol. The second-order valence-corrected chi connectivity index (χ2v) is 9.49. The number of benzene rings is 2. The summed E-state index contributed by atoms with van der Waals surface area (Å²) in [6, 6.07) is 15.8. The molecule has 7 heteroatoms. The SMILES string of the molecule is CC(C)(C)c1ccccc1NC(=O)CCN(c1ccc(C#N)cc1)S(C)(=O)=O. The summed E-state index contributed by atoms with van der Waals surface area (Å²) in [5.41, 5.74) is 2.46. The Morgan fingerprint density at radius 3 is 2.25 bits per heavy atom. The number of carbonyl (C=O) groups is 1. The number of anilines is 2. The molecule has 6 nitrogen and oxygen atoms in total. The maximum Gasteiger partial charge on any atom is 0.232 e. The molecule has 0 atom stereocenters. The minimum atomic E-state index is -3.57. The van der Waals surface area contributed by atoms with E-state index in [2.05, 4.69) is 26.1 Å². The zero-order valence-corrected chi connectivity index (χ0v) is 17.4. The summed E-state index contributed by atoms with van der Waals surface area (Å²) in [7, 11) is -3.57. The predicted molar refractivity (Wildman–Crippen MR) is 112 cm³/mol. The molecular formula is C21H25N3O3S. The quantitative estimate of drug-likeness (QED) is 0.803.